The monoisotopic (exact) mass is 495 g/mol. The molecular formula is C24H54N3O3PS. The molecule has 0 aliphatic carbocycles. The smallest absolute Gasteiger partial charge is 0.0784 e. The minimum atomic E-state index is -4.56. The quantitative estimate of drug-likeness (QED) is 0.445. The highest BCUT2D eigenvalue weighted by atomic mass is 32.5. The van der Waals surface area contributed by atoms with Gasteiger partial charge in [-0.25, -0.2) is 0 Å². The maximum Gasteiger partial charge on any atom is 0.0784 e. The molecule has 0 saturated carbocycles. The molecule has 0 aromatic rings. The number of hydrogen-bond acceptors (Lipinski definition) is 4. The molecule has 3 aliphatic heterocycles. The summed E-state index contributed by atoms with van der Waals surface area (Å²) >= 11 is 3.27. The second-order valence-electron chi connectivity index (χ2n) is 10.8. The van der Waals surface area contributed by atoms with Crippen LogP contribution in [0.15, 0.2) is 0 Å². The Morgan fingerprint density at radius 1 is 0.500 bits per heavy atom. The molecule has 0 atom stereocenters. The molecule has 8 heteroatoms. The summed E-state index contributed by atoms with van der Waals surface area (Å²) in [4.78, 5) is 26.8. The van der Waals surface area contributed by atoms with E-state index < -0.39 is 6.72 Å². The first-order chi connectivity index (χ1) is 14.8. The largest absolute Gasteiger partial charge is 0.844 e. The molecule has 0 aromatic carbocycles. The van der Waals surface area contributed by atoms with Crippen LogP contribution < -0.4 is 14.7 Å². The van der Waals surface area contributed by atoms with Crippen LogP contribution in [0.25, 0.3) is 0 Å². The van der Waals surface area contributed by atoms with E-state index in [9.17, 15) is 0 Å². The summed E-state index contributed by atoms with van der Waals surface area (Å²) in [6.45, 7) is 14.8. The van der Waals surface area contributed by atoms with Crippen LogP contribution in [-0.4, -0.2) is 93.5 Å². The van der Waals surface area contributed by atoms with Crippen molar-refractivity contribution in [3.8, 4) is 0 Å². The highest BCUT2D eigenvalue weighted by Gasteiger charge is 2.22. The Bertz CT molecular complexity index is 447. The van der Waals surface area contributed by atoms with E-state index in [2.05, 4.69) is 53.7 Å². The zero-order chi connectivity index (χ0) is 24.7. The van der Waals surface area contributed by atoms with Crippen LogP contribution in [0.3, 0.4) is 0 Å². The summed E-state index contributed by atoms with van der Waals surface area (Å²) in [6.07, 6.45) is 13.1. The molecule has 0 aromatic heterocycles. The third kappa shape index (κ3) is 16.9. The summed E-state index contributed by atoms with van der Waals surface area (Å²) in [7, 11) is 7.12. The van der Waals surface area contributed by atoms with E-state index in [0.29, 0.717) is 0 Å². The van der Waals surface area contributed by atoms with E-state index in [-0.39, 0.29) is 0 Å². The molecule has 3 heterocycles. The van der Waals surface area contributed by atoms with E-state index in [1.54, 1.807) is 0 Å². The van der Waals surface area contributed by atoms with Gasteiger partial charge >= 0.3 is 0 Å². The fraction of sp³-hybridized carbons (Fsp3) is 1.00. The molecule has 0 spiro atoms. The van der Waals surface area contributed by atoms with E-state index in [1.165, 1.54) is 130 Å². The second-order valence-corrected chi connectivity index (χ2v) is 13.0. The molecule has 6 nitrogen and oxygen atoms in total. The van der Waals surface area contributed by atoms with Crippen molar-refractivity contribution in [3.05, 3.63) is 0 Å². The van der Waals surface area contributed by atoms with Gasteiger partial charge in [0.2, 0.25) is 0 Å². The van der Waals surface area contributed by atoms with Gasteiger partial charge in [0.05, 0.1) is 80.0 Å². The number of hydrogen-bond donors (Lipinski definition) is 0. The number of quaternary nitrogens is 3. The van der Waals surface area contributed by atoms with E-state index >= 15 is 0 Å². The van der Waals surface area contributed by atoms with Gasteiger partial charge < -0.3 is 34.8 Å². The van der Waals surface area contributed by atoms with Crippen molar-refractivity contribution < 1.29 is 28.1 Å². The molecule has 194 valence electrons. The molecule has 3 fully saturated rings. The first-order valence-electron chi connectivity index (χ1n) is 13.0. The van der Waals surface area contributed by atoms with Gasteiger partial charge in [-0.2, -0.15) is 11.8 Å². The Morgan fingerprint density at radius 3 is 0.750 bits per heavy atom. The fourth-order valence-corrected chi connectivity index (χ4v) is 4.78. The SMILES string of the molecule is CC[N+]1(C)CCCCC1.CC[N+]1(C)CCCCC1.CC[N+]1(C)CCCCC1.[O-]P([O-])([O-])=S. The van der Waals surface area contributed by atoms with E-state index in [1.807, 2.05) is 0 Å². The average Bonchev–Trinajstić information content (AvgIpc) is 2.75. The molecular weight excluding hydrogens is 441 g/mol. The van der Waals surface area contributed by atoms with Gasteiger partial charge in [0.1, 0.15) is 0 Å². The van der Waals surface area contributed by atoms with Gasteiger partial charge in [-0.05, 0) is 78.6 Å². The lowest BCUT2D eigenvalue weighted by Crippen LogP contribution is -2.47. The first-order valence-corrected chi connectivity index (χ1v) is 15.6. The summed E-state index contributed by atoms with van der Waals surface area (Å²) < 4.78 is 3.96. The maximum atomic E-state index is 8.92. The van der Waals surface area contributed by atoms with Crippen LogP contribution in [0.4, 0.5) is 0 Å². The Labute approximate surface area is 205 Å². The summed E-state index contributed by atoms with van der Waals surface area (Å²) in [6, 6.07) is 0. The third-order valence-electron chi connectivity index (χ3n) is 7.98. The summed E-state index contributed by atoms with van der Waals surface area (Å²) in [5, 5.41) is 0. The highest BCUT2D eigenvalue weighted by Crippen LogP contribution is 2.16. The Kier molecular flexibility index (Phi) is 16.4. The molecule has 0 unspecified atom stereocenters. The number of rotatable bonds is 3. The molecule has 3 aliphatic rings. The summed E-state index contributed by atoms with van der Waals surface area (Å²) in [5.41, 5.74) is 0. The minimum absolute atomic E-state index is 1.32. The Morgan fingerprint density at radius 2 is 0.656 bits per heavy atom. The molecule has 0 bridgehead atoms. The van der Waals surface area contributed by atoms with Gasteiger partial charge in [-0.3, -0.25) is 0 Å². The van der Waals surface area contributed by atoms with E-state index in [4.69, 9.17) is 14.7 Å². The lowest BCUT2D eigenvalue weighted by atomic mass is 10.1. The average molecular weight is 496 g/mol. The molecule has 0 amide bonds. The Hall–Kier alpha value is 0.410. The predicted octanol–water partition coefficient (Wildman–Crippen LogP) is 2.20. The molecule has 32 heavy (non-hydrogen) atoms. The van der Waals surface area contributed by atoms with Crippen molar-refractivity contribution in [1.82, 2.24) is 0 Å². The van der Waals surface area contributed by atoms with Crippen LogP contribution in [0.1, 0.15) is 78.6 Å². The third-order valence-corrected chi connectivity index (χ3v) is 7.98. The number of likely N-dealkylation sites (tertiary alicyclic amines) is 3. The lowest BCUT2D eigenvalue weighted by Gasteiger charge is -2.43. The normalized spacial score (nSPS) is 23.8. The molecule has 3 saturated heterocycles. The maximum absolute atomic E-state index is 8.92. The first kappa shape index (κ1) is 32.4. The standard InChI is InChI=1S/3C8H18N.H3O3PS/c3*1-3-9(2)7-5-4-6-8-9;1-4(2,3)5/h3*3-8H2,1-2H3;(H3,1,2,3,5)/q3*+1;/p-3. The van der Waals surface area contributed by atoms with Crippen molar-refractivity contribution in [2.45, 2.75) is 78.6 Å². The number of piperidine rings is 3. The fourth-order valence-electron chi connectivity index (χ4n) is 4.78. The minimum Gasteiger partial charge on any atom is -0.844 e. The van der Waals surface area contributed by atoms with Crippen LogP contribution in [0.5, 0.6) is 0 Å². The zero-order valence-electron chi connectivity index (χ0n) is 22.1. The van der Waals surface area contributed by atoms with Crippen molar-refractivity contribution in [3.63, 3.8) is 0 Å². The van der Waals surface area contributed by atoms with Crippen LogP contribution in [-0.2, 0) is 11.8 Å². The molecule has 3 rings (SSSR count). The van der Waals surface area contributed by atoms with Crippen molar-refractivity contribution in [2.24, 2.45) is 0 Å². The van der Waals surface area contributed by atoms with Gasteiger partial charge in [-0.15, -0.1) is 0 Å². The lowest BCUT2D eigenvalue weighted by molar-refractivity contribution is -0.912. The highest BCUT2D eigenvalue weighted by molar-refractivity contribution is 8.04. The predicted molar refractivity (Wildman–Crippen MR) is 135 cm³/mol. The van der Waals surface area contributed by atoms with Crippen molar-refractivity contribution >= 4 is 18.5 Å². The van der Waals surface area contributed by atoms with Gasteiger partial charge in [0, 0.05) is 0 Å². The van der Waals surface area contributed by atoms with Crippen LogP contribution >= 0.6 is 6.72 Å². The van der Waals surface area contributed by atoms with Crippen molar-refractivity contribution in [1.29, 1.82) is 0 Å². The van der Waals surface area contributed by atoms with Crippen LogP contribution in [0.2, 0.25) is 0 Å². The Balaban J connectivity index is 0.000000410. The summed E-state index contributed by atoms with van der Waals surface area (Å²) in [5.74, 6) is 0. The molecule has 0 N–H and O–H groups in total. The molecule has 0 radical (unpaired) electrons. The topological polar surface area (TPSA) is 69.2 Å². The number of nitrogens with zero attached hydrogens (tertiary/aromatic N) is 3. The van der Waals surface area contributed by atoms with Gasteiger partial charge in [0.15, 0.2) is 0 Å². The van der Waals surface area contributed by atoms with Crippen molar-refractivity contribution in [2.75, 3.05) is 80.0 Å². The van der Waals surface area contributed by atoms with Gasteiger partial charge in [0.25, 0.3) is 0 Å². The van der Waals surface area contributed by atoms with E-state index in [0.717, 1.165) is 0 Å². The van der Waals surface area contributed by atoms with Crippen LogP contribution in [0, 0.1) is 0 Å². The van der Waals surface area contributed by atoms with Gasteiger partial charge in [-0.1, -0.05) is 0 Å². The second kappa shape index (κ2) is 16.1. The zero-order valence-corrected chi connectivity index (χ0v) is 23.9.